The van der Waals surface area contributed by atoms with Crippen LogP contribution in [-0.2, 0) is 9.53 Å². The molecule has 5 heteroatoms. The molecule has 0 unspecified atom stereocenters. The zero-order valence-electron chi connectivity index (χ0n) is 19.3. The number of carbonyl (C=O) groups is 1. The molecule has 4 atom stereocenters. The lowest BCUT2D eigenvalue weighted by Crippen LogP contribution is -2.36. The highest BCUT2D eigenvalue weighted by Gasteiger charge is 2.47. The van der Waals surface area contributed by atoms with Crippen molar-refractivity contribution in [3.05, 3.63) is 42.5 Å². The molecule has 1 aromatic rings. The number of amides is 1. The number of nitrogens with zero attached hydrogens (tertiary/aromatic N) is 1. The van der Waals surface area contributed by atoms with Crippen molar-refractivity contribution in [2.24, 2.45) is 17.3 Å². The third-order valence-corrected chi connectivity index (χ3v) is 8.02. The van der Waals surface area contributed by atoms with Gasteiger partial charge in [0.15, 0.2) is 0 Å². The van der Waals surface area contributed by atoms with E-state index in [0.717, 1.165) is 19.3 Å². The summed E-state index contributed by atoms with van der Waals surface area (Å²) >= 11 is 1.96. The summed E-state index contributed by atoms with van der Waals surface area (Å²) in [5.41, 5.74) is -0.538. The Balaban J connectivity index is 1.38. The Labute approximate surface area is 192 Å². The zero-order chi connectivity index (χ0) is 22.3. The average Bonchev–Trinajstić information content (AvgIpc) is 3.35. The second kappa shape index (κ2) is 11.5. The van der Waals surface area contributed by atoms with E-state index < -0.39 is 5.41 Å². The van der Waals surface area contributed by atoms with Crippen molar-refractivity contribution in [2.75, 3.05) is 12.8 Å². The van der Waals surface area contributed by atoms with Crippen molar-refractivity contribution in [2.45, 2.75) is 82.3 Å². The van der Waals surface area contributed by atoms with Gasteiger partial charge in [0, 0.05) is 17.4 Å². The highest BCUT2D eigenvalue weighted by molar-refractivity contribution is 7.99. The van der Waals surface area contributed by atoms with E-state index in [-0.39, 0.29) is 5.91 Å². The largest absolute Gasteiger partial charge is 0.374 e. The quantitative estimate of drug-likeness (QED) is 0.134. The van der Waals surface area contributed by atoms with Crippen LogP contribution in [0.2, 0.25) is 0 Å². The molecule has 2 saturated heterocycles. The van der Waals surface area contributed by atoms with Gasteiger partial charge in [-0.05, 0) is 74.7 Å². The number of fused-ring (bicyclic) bond motifs is 2. The van der Waals surface area contributed by atoms with Gasteiger partial charge in [0.05, 0.1) is 12.2 Å². The van der Waals surface area contributed by atoms with Crippen LogP contribution < -0.4 is 0 Å². The molecule has 0 saturated carbocycles. The van der Waals surface area contributed by atoms with Crippen LogP contribution in [0.15, 0.2) is 47.4 Å². The maximum absolute atomic E-state index is 12.0. The second-order valence-corrected chi connectivity index (χ2v) is 10.9. The highest BCUT2D eigenvalue weighted by atomic mass is 32.2. The lowest BCUT2D eigenvalue weighted by atomic mass is 9.75. The summed E-state index contributed by atoms with van der Waals surface area (Å²) in [5.74, 6) is 2.31. The number of hydrogen-bond acceptors (Lipinski definition) is 4. The molecule has 1 amide bonds. The number of unbranched alkanes of at least 4 members (excludes halogenated alkanes) is 1. The number of hydrogen-bond donors (Lipinski definition) is 1. The molecule has 0 aromatic heterocycles. The Morgan fingerprint density at radius 3 is 2.58 bits per heavy atom. The molecule has 0 spiro atoms. The van der Waals surface area contributed by atoms with Crippen molar-refractivity contribution in [3.63, 3.8) is 0 Å². The number of hydroxylamine groups is 2. The summed E-state index contributed by atoms with van der Waals surface area (Å²) < 4.78 is 6.28. The summed E-state index contributed by atoms with van der Waals surface area (Å²) in [4.78, 5) is 13.4. The third kappa shape index (κ3) is 6.84. The second-order valence-electron chi connectivity index (χ2n) is 9.73. The topological polar surface area (TPSA) is 49.8 Å². The van der Waals surface area contributed by atoms with Gasteiger partial charge in [-0.25, -0.2) is 5.06 Å². The number of benzene rings is 1. The molecule has 3 rings (SSSR count). The first-order valence-electron chi connectivity index (χ1n) is 11.8. The van der Waals surface area contributed by atoms with Crippen LogP contribution in [0.4, 0.5) is 0 Å². The molecule has 0 aliphatic carbocycles. The highest BCUT2D eigenvalue weighted by Crippen LogP contribution is 2.47. The number of carbonyl (C=O) groups excluding carboxylic acids is 1. The summed E-state index contributed by atoms with van der Waals surface area (Å²) in [6.45, 7) is 3.79. The number of allylic oxidation sites excluding steroid dienone is 2. The monoisotopic (exact) mass is 445 g/mol. The van der Waals surface area contributed by atoms with Crippen LogP contribution in [0.5, 0.6) is 0 Å². The molecule has 1 aromatic carbocycles. The van der Waals surface area contributed by atoms with Gasteiger partial charge in [0.25, 0.3) is 5.91 Å². The fourth-order valence-electron chi connectivity index (χ4n) is 5.15. The van der Waals surface area contributed by atoms with Gasteiger partial charge in [0.2, 0.25) is 0 Å². The van der Waals surface area contributed by atoms with E-state index in [2.05, 4.69) is 42.5 Å². The molecule has 2 aliphatic heterocycles. The Morgan fingerprint density at radius 1 is 1.16 bits per heavy atom. The Hall–Kier alpha value is -1.30. The number of ether oxygens (including phenoxy) is 1. The standard InChI is InChI=1S/C26H39NO3S/c1-26(2,25(28)27(3)29)18-10-5-8-14-21-22(24-17-16-23(21)30-24)15-9-11-19-31-20-12-6-4-7-13-20/h4-8,12-13,21-24,29H,9-11,14-19H2,1-3H3/t21-,22+,23-,24+/m1/s1. The van der Waals surface area contributed by atoms with E-state index in [9.17, 15) is 10.0 Å². The van der Waals surface area contributed by atoms with Crippen molar-refractivity contribution < 1.29 is 14.7 Å². The Kier molecular flexibility index (Phi) is 9.06. The minimum absolute atomic E-state index is 0.229. The Bertz CT molecular complexity index is 719. The first-order chi connectivity index (χ1) is 14.9. The van der Waals surface area contributed by atoms with Gasteiger partial charge < -0.3 is 4.74 Å². The molecule has 31 heavy (non-hydrogen) atoms. The van der Waals surface area contributed by atoms with E-state index in [1.165, 1.54) is 49.8 Å². The van der Waals surface area contributed by atoms with Crippen LogP contribution >= 0.6 is 11.8 Å². The van der Waals surface area contributed by atoms with E-state index in [1.54, 1.807) is 0 Å². The minimum Gasteiger partial charge on any atom is -0.374 e. The SMILES string of the molecule is CN(O)C(=O)C(C)(C)CCC=CC[C@@H]1[C@H](CCCCSc2ccccc2)[C@@H]2CC[C@H]1O2. The van der Waals surface area contributed by atoms with E-state index in [0.29, 0.717) is 29.1 Å². The maximum atomic E-state index is 12.0. The van der Waals surface area contributed by atoms with Crippen LogP contribution in [-0.4, -0.2) is 41.2 Å². The third-order valence-electron chi connectivity index (χ3n) is 6.92. The predicted molar refractivity (Wildman–Crippen MR) is 127 cm³/mol. The maximum Gasteiger partial charge on any atom is 0.251 e. The smallest absolute Gasteiger partial charge is 0.251 e. The van der Waals surface area contributed by atoms with Gasteiger partial charge in [-0.15, -0.1) is 11.8 Å². The van der Waals surface area contributed by atoms with Crippen molar-refractivity contribution in [3.8, 4) is 0 Å². The van der Waals surface area contributed by atoms with E-state index in [4.69, 9.17) is 4.74 Å². The van der Waals surface area contributed by atoms with Gasteiger partial charge in [-0.3, -0.25) is 10.0 Å². The first-order valence-corrected chi connectivity index (χ1v) is 12.8. The number of thioether (sulfide) groups is 1. The van der Waals surface area contributed by atoms with Crippen LogP contribution in [0.25, 0.3) is 0 Å². The van der Waals surface area contributed by atoms with Gasteiger partial charge in [-0.2, -0.15) is 0 Å². The lowest BCUT2D eigenvalue weighted by molar-refractivity contribution is -0.169. The van der Waals surface area contributed by atoms with E-state index >= 15 is 0 Å². The summed E-state index contributed by atoms with van der Waals surface area (Å²) in [5, 5.41) is 10.1. The van der Waals surface area contributed by atoms with Crippen molar-refractivity contribution >= 4 is 17.7 Å². The molecule has 2 heterocycles. The minimum atomic E-state index is -0.538. The zero-order valence-corrected chi connectivity index (χ0v) is 20.2. The molecule has 0 radical (unpaired) electrons. The number of rotatable bonds is 12. The molecular weight excluding hydrogens is 406 g/mol. The first kappa shape index (κ1) is 24.3. The Morgan fingerprint density at radius 2 is 1.87 bits per heavy atom. The van der Waals surface area contributed by atoms with Crippen molar-refractivity contribution in [1.29, 1.82) is 0 Å². The van der Waals surface area contributed by atoms with Crippen LogP contribution in [0.3, 0.4) is 0 Å². The van der Waals surface area contributed by atoms with Gasteiger partial charge in [0.1, 0.15) is 0 Å². The summed E-state index contributed by atoms with van der Waals surface area (Å²) in [7, 11) is 1.40. The van der Waals surface area contributed by atoms with Crippen LogP contribution in [0, 0.1) is 17.3 Å². The molecule has 4 nitrogen and oxygen atoms in total. The molecule has 2 aliphatic rings. The van der Waals surface area contributed by atoms with Crippen molar-refractivity contribution in [1.82, 2.24) is 5.06 Å². The fraction of sp³-hybridized carbons (Fsp3) is 0.654. The predicted octanol–water partition coefficient (Wildman–Crippen LogP) is 6.34. The molecular formula is C26H39NO3S. The average molecular weight is 446 g/mol. The molecule has 1 N–H and O–H groups in total. The van der Waals surface area contributed by atoms with E-state index in [1.807, 2.05) is 25.6 Å². The molecule has 2 bridgehead atoms. The summed E-state index contributed by atoms with van der Waals surface area (Å²) in [6.07, 6.45) is 14.4. The summed E-state index contributed by atoms with van der Waals surface area (Å²) in [6, 6.07) is 10.7. The molecule has 172 valence electrons. The molecule has 2 fully saturated rings. The van der Waals surface area contributed by atoms with Gasteiger partial charge in [-0.1, -0.05) is 50.6 Å². The van der Waals surface area contributed by atoms with Crippen LogP contribution in [0.1, 0.15) is 65.2 Å². The van der Waals surface area contributed by atoms with Gasteiger partial charge >= 0.3 is 0 Å². The lowest BCUT2D eigenvalue weighted by Gasteiger charge is -2.27. The fourth-order valence-corrected chi connectivity index (χ4v) is 6.08. The normalized spacial score (nSPS) is 25.4.